The minimum atomic E-state index is -0.536. The second kappa shape index (κ2) is 14.4. The highest BCUT2D eigenvalue weighted by Gasteiger charge is 2.15. The van der Waals surface area contributed by atoms with E-state index in [-0.39, 0.29) is 17.2 Å². The zero-order chi connectivity index (χ0) is 26.6. The molecular formula is C28H31ClN4O3S. The zero-order valence-electron chi connectivity index (χ0n) is 20.9. The predicted molar refractivity (Wildman–Crippen MR) is 153 cm³/mol. The maximum Gasteiger partial charge on any atom is 0.273 e. The lowest BCUT2D eigenvalue weighted by Crippen LogP contribution is -2.25. The van der Waals surface area contributed by atoms with Crippen molar-refractivity contribution in [2.75, 3.05) is 30.7 Å². The van der Waals surface area contributed by atoms with Gasteiger partial charge in [0.1, 0.15) is 5.75 Å². The van der Waals surface area contributed by atoms with Crippen LogP contribution in [0.4, 0.5) is 5.69 Å². The normalized spacial score (nSPS) is 11.1. The summed E-state index contributed by atoms with van der Waals surface area (Å²) < 4.78 is 0. The van der Waals surface area contributed by atoms with Gasteiger partial charge in [-0.1, -0.05) is 49.7 Å². The Morgan fingerprint density at radius 1 is 1.03 bits per heavy atom. The summed E-state index contributed by atoms with van der Waals surface area (Å²) in [5, 5.41) is 16.6. The molecule has 0 fully saturated rings. The molecule has 0 heterocycles. The summed E-state index contributed by atoms with van der Waals surface area (Å²) in [6, 6.07) is 18.6. The molecule has 0 aliphatic rings. The molecular weight excluding hydrogens is 508 g/mol. The number of aromatic hydroxyl groups is 1. The van der Waals surface area contributed by atoms with Crippen LogP contribution in [0.3, 0.4) is 0 Å². The van der Waals surface area contributed by atoms with E-state index in [2.05, 4.69) is 34.6 Å². The number of carbonyl (C=O) groups is 2. The molecule has 3 aromatic carbocycles. The predicted octanol–water partition coefficient (Wildman–Crippen LogP) is 5.64. The average Bonchev–Trinajstić information content (AvgIpc) is 2.90. The van der Waals surface area contributed by atoms with E-state index in [9.17, 15) is 14.7 Å². The zero-order valence-corrected chi connectivity index (χ0v) is 22.5. The van der Waals surface area contributed by atoms with Crippen LogP contribution >= 0.6 is 23.4 Å². The molecule has 7 nitrogen and oxygen atoms in total. The van der Waals surface area contributed by atoms with E-state index >= 15 is 0 Å². The molecule has 0 spiro atoms. The number of rotatable bonds is 12. The van der Waals surface area contributed by atoms with Gasteiger partial charge in [-0.3, -0.25) is 9.59 Å². The van der Waals surface area contributed by atoms with Crippen molar-refractivity contribution in [3.63, 3.8) is 0 Å². The van der Waals surface area contributed by atoms with Crippen LogP contribution in [0.2, 0.25) is 5.02 Å². The van der Waals surface area contributed by atoms with E-state index in [0.717, 1.165) is 36.7 Å². The molecule has 3 rings (SSSR count). The van der Waals surface area contributed by atoms with E-state index in [0.29, 0.717) is 21.8 Å². The summed E-state index contributed by atoms with van der Waals surface area (Å²) >= 11 is 7.97. The van der Waals surface area contributed by atoms with E-state index in [1.165, 1.54) is 24.4 Å². The molecule has 0 aliphatic heterocycles. The standard InChI is InChI=1S/C28H31ClN4O3S/c1-3-33(4-2)14-15-37-19-20-8-10-22(11-9-20)27(35)31-26-13-12-23(29)17-25(26)28(36)32-30-18-21-6-5-7-24(34)16-21/h5-13,16-18,34H,3-4,14-15,19H2,1-2H3,(H,31,35)(H,32,36)/b30-18+. The van der Waals surface area contributed by atoms with E-state index in [1.54, 1.807) is 36.4 Å². The fourth-order valence-electron chi connectivity index (χ4n) is 3.51. The lowest BCUT2D eigenvalue weighted by atomic mass is 10.1. The van der Waals surface area contributed by atoms with Gasteiger partial charge in [0.15, 0.2) is 0 Å². The van der Waals surface area contributed by atoms with Crippen molar-refractivity contribution in [3.05, 3.63) is 94.0 Å². The molecule has 0 saturated carbocycles. The largest absolute Gasteiger partial charge is 0.508 e. The summed E-state index contributed by atoms with van der Waals surface area (Å²) in [7, 11) is 0. The van der Waals surface area contributed by atoms with Crippen LogP contribution in [0.15, 0.2) is 71.8 Å². The van der Waals surface area contributed by atoms with Gasteiger partial charge in [-0.2, -0.15) is 16.9 Å². The summed E-state index contributed by atoms with van der Waals surface area (Å²) in [5.74, 6) is 1.17. The van der Waals surface area contributed by atoms with Gasteiger partial charge in [0.2, 0.25) is 0 Å². The highest BCUT2D eigenvalue weighted by Crippen LogP contribution is 2.22. The molecule has 0 aliphatic carbocycles. The lowest BCUT2D eigenvalue weighted by Gasteiger charge is -2.17. The molecule has 0 unspecified atom stereocenters. The summed E-state index contributed by atoms with van der Waals surface area (Å²) in [6.07, 6.45) is 1.41. The summed E-state index contributed by atoms with van der Waals surface area (Å²) in [6.45, 7) is 7.53. The molecule has 3 aromatic rings. The van der Waals surface area contributed by atoms with Gasteiger partial charge >= 0.3 is 0 Å². The highest BCUT2D eigenvalue weighted by atomic mass is 35.5. The Morgan fingerprint density at radius 3 is 2.49 bits per heavy atom. The van der Waals surface area contributed by atoms with E-state index in [1.807, 2.05) is 23.9 Å². The number of halogens is 1. The second-order valence-corrected chi connectivity index (χ2v) is 9.76. The van der Waals surface area contributed by atoms with E-state index < -0.39 is 5.91 Å². The number of carbonyl (C=O) groups excluding carboxylic acids is 2. The number of amides is 2. The number of hydrazone groups is 1. The van der Waals surface area contributed by atoms with Gasteiger partial charge in [0, 0.05) is 28.6 Å². The molecule has 9 heteroatoms. The number of anilines is 1. The smallest absolute Gasteiger partial charge is 0.273 e. The van der Waals surface area contributed by atoms with Gasteiger partial charge in [0.05, 0.1) is 17.5 Å². The third-order valence-electron chi connectivity index (χ3n) is 5.66. The van der Waals surface area contributed by atoms with Crippen molar-refractivity contribution in [1.82, 2.24) is 10.3 Å². The molecule has 194 valence electrons. The fourth-order valence-corrected chi connectivity index (χ4v) is 4.65. The molecule has 0 bridgehead atoms. The van der Waals surface area contributed by atoms with Crippen molar-refractivity contribution in [3.8, 4) is 5.75 Å². The first-order chi connectivity index (χ1) is 17.9. The van der Waals surface area contributed by atoms with Crippen molar-refractivity contribution in [2.45, 2.75) is 19.6 Å². The summed E-state index contributed by atoms with van der Waals surface area (Å²) in [4.78, 5) is 28.0. The number of phenolic OH excluding ortho intramolecular Hbond substituents is 1. The van der Waals surface area contributed by atoms with Gasteiger partial charge in [-0.25, -0.2) is 5.43 Å². The Bertz CT molecular complexity index is 1230. The van der Waals surface area contributed by atoms with Crippen LogP contribution in [0.1, 0.15) is 45.7 Å². The molecule has 2 amide bonds. The van der Waals surface area contributed by atoms with Crippen molar-refractivity contribution >= 4 is 47.1 Å². The Kier molecular flexibility index (Phi) is 11.0. The number of nitrogens with one attached hydrogen (secondary N) is 2. The number of hydrogen-bond acceptors (Lipinski definition) is 6. The van der Waals surface area contributed by atoms with Crippen LogP contribution in [0, 0.1) is 0 Å². The molecule has 37 heavy (non-hydrogen) atoms. The number of thioether (sulfide) groups is 1. The minimum absolute atomic E-state index is 0.0946. The van der Waals surface area contributed by atoms with Crippen molar-refractivity contribution in [1.29, 1.82) is 0 Å². The molecule has 3 N–H and O–H groups in total. The van der Waals surface area contributed by atoms with Crippen LogP contribution in [-0.2, 0) is 5.75 Å². The van der Waals surface area contributed by atoms with Crippen LogP contribution in [0.5, 0.6) is 5.75 Å². The number of nitrogens with zero attached hydrogens (tertiary/aromatic N) is 2. The van der Waals surface area contributed by atoms with Gasteiger partial charge < -0.3 is 15.3 Å². The average molecular weight is 539 g/mol. The topological polar surface area (TPSA) is 94.0 Å². The van der Waals surface area contributed by atoms with Gasteiger partial charge in [-0.15, -0.1) is 0 Å². The first kappa shape index (κ1) is 28.2. The lowest BCUT2D eigenvalue weighted by molar-refractivity contribution is 0.0956. The first-order valence-electron chi connectivity index (χ1n) is 12.0. The molecule has 0 radical (unpaired) electrons. The SMILES string of the molecule is CCN(CC)CCSCc1ccc(C(=O)Nc2ccc(Cl)cc2C(=O)N/N=C/c2cccc(O)c2)cc1. The van der Waals surface area contributed by atoms with Gasteiger partial charge in [0.25, 0.3) is 11.8 Å². The second-order valence-electron chi connectivity index (χ2n) is 8.21. The van der Waals surface area contributed by atoms with Crippen molar-refractivity contribution < 1.29 is 14.7 Å². The quantitative estimate of drug-likeness (QED) is 0.158. The Labute approximate surface area is 226 Å². The number of benzene rings is 3. The molecule has 0 saturated heterocycles. The maximum absolute atomic E-state index is 12.9. The Morgan fingerprint density at radius 2 is 1.78 bits per heavy atom. The number of phenols is 1. The third-order valence-corrected chi connectivity index (χ3v) is 6.90. The first-order valence-corrected chi connectivity index (χ1v) is 13.5. The van der Waals surface area contributed by atoms with Crippen LogP contribution in [-0.4, -0.2) is 53.4 Å². The molecule has 0 aromatic heterocycles. The number of hydrogen-bond donors (Lipinski definition) is 3. The monoisotopic (exact) mass is 538 g/mol. The molecule has 0 atom stereocenters. The van der Waals surface area contributed by atoms with Gasteiger partial charge in [-0.05, 0) is 66.7 Å². The fraction of sp³-hybridized carbons (Fsp3) is 0.250. The third kappa shape index (κ3) is 8.93. The highest BCUT2D eigenvalue weighted by molar-refractivity contribution is 7.98. The Hall–Kier alpha value is -3.33. The Balaban J connectivity index is 1.60. The minimum Gasteiger partial charge on any atom is -0.508 e. The summed E-state index contributed by atoms with van der Waals surface area (Å²) in [5.41, 5.74) is 5.17. The van der Waals surface area contributed by atoms with Crippen molar-refractivity contribution in [2.24, 2.45) is 5.10 Å². The van der Waals surface area contributed by atoms with Crippen LogP contribution < -0.4 is 10.7 Å². The van der Waals surface area contributed by atoms with Crippen LogP contribution in [0.25, 0.3) is 0 Å². The van der Waals surface area contributed by atoms with E-state index in [4.69, 9.17) is 11.6 Å². The maximum atomic E-state index is 12.9.